The largest absolute Gasteiger partial charge is 0.379 e. The van der Waals surface area contributed by atoms with E-state index in [4.69, 9.17) is 4.74 Å². The van der Waals surface area contributed by atoms with Gasteiger partial charge < -0.3 is 15.4 Å². The Morgan fingerprint density at radius 1 is 1.39 bits per heavy atom. The second-order valence-electron chi connectivity index (χ2n) is 5.65. The third-order valence-electron chi connectivity index (χ3n) is 3.90. The summed E-state index contributed by atoms with van der Waals surface area (Å²) in [5, 5.41) is 7.82. The zero-order valence-electron chi connectivity index (χ0n) is 14.5. The molecule has 7 heteroatoms. The number of nitrogens with one attached hydrogen (secondary N) is 2. The molecule has 0 bridgehead atoms. The summed E-state index contributed by atoms with van der Waals surface area (Å²) >= 11 is 1.74. The maximum Gasteiger partial charge on any atom is 0.191 e. The first-order chi connectivity index (χ1) is 11.2. The minimum Gasteiger partial charge on any atom is -0.379 e. The highest BCUT2D eigenvalue weighted by Crippen LogP contribution is 2.13. The van der Waals surface area contributed by atoms with Gasteiger partial charge in [-0.15, -0.1) is 11.3 Å². The third-order valence-corrected chi connectivity index (χ3v) is 5.03. The molecular formula is C16H29N5OS. The number of ether oxygens (including phenoxy) is 1. The highest BCUT2D eigenvalue weighted by Gasteiger charge is 2.16. The lowest BCUT2D eigenvalue weighted by Crippen LogP contribution is -2.49. The molecule has 0 saturated carbocycles. The number of morpholine rings is 1. The highest BCUT2D eigenvalue weighted by atomic mass is 32.1. The summed E-state index contributed by atoms with van der Waals surface area (Å²) in [6.45, 7) is 12.5. The number of hydrogen-bond donors (Lipinski definition) is 2. The maximum atomic E-state index is 5.41. The van der Waals surface area contributed by atoms with Crippen molar-refractivity contribution >= 4 is 17.3 Å². The van der Waals surface area contributed by atoms with Crippen molar-refractivity contribution in [3.05, 3.63) is 16.1 Å². The van der Waals surface area contributed by atoms with Crippen LogP contribution in [0.4, 0.5) is 0 Å². The predicted molar refractivity (Wildman–Crippen MR) is 96.2 cm³/mol. The van der Waals surface area contributed by atoms with E-state index in [1.807, 2.05) is 6.20 Å². The van der Waals surface area contributed by atoms with Gasteiger partial charge in [-0.1, -0.05) is 6.92 Å². The van der Waals surface area contributed by atoms with Crippen molar-refractivity contribution in [2.45, 2.75) is 39.8 Å². The molecule has 2 N–H and O–H groups in total. The van der Waals surface area contributed by atoms with Crippen molar-refractivity contribution in [2.75, 3.05) is 39.4 Å². The van der Waals surface area contributed by atoms with Crippen molar-refractivity contribution in [1.82, 2.24) is 20.5 Å². The van der Waals surface area contributed by atoms with Gasteiger partial charge >= 0.3 is 0 Å². The first-order valence-corrected chi connectivity index (χ1v) is 9.32. The molecule has 6 nitrogen and oxygen atoms in total. The van der Waals surface area contributed by atoms with Gasteiger partial charge in [0.2, 0.25) is 0 Å². The second kappa shape index (κ2) is 9.85. The molecule has 0 aromatic carbocycles. The van der Waals surface area contributed by atoms with Gasteiger partial charge in [-0.25, -0.2) is 9.98 Å². The molecule has 0 spiro atoms. The fourth-order valence-corrected chi connectivity index (χ4v) is 3.25. The Morgan fingerprint density at radius 2 is 2.17 bits per heavy atom. The van der Waals surface area contributed by atoms with Gasteiger partial charge in [0.1, 0.15) is 5.01 Å². The zero-order chi connectivity index (χ0) is 16.5. The number of aliphatic imine (C=N–C) groups is 1. The van der Waals surface area contributed by atoms with Gasteiger partial charge in [-0.05, 0) is 20.3 Å². The van der Waals surface area contributed by atoms with Crippen molar-refractivity contribution in [2.24, 2.45) is 4.99 Å². The number of hydrogen-bond acceptors (Lipinski definition) is 5. The van der Waals surface area contributed by atoms with E-state index >= 15 is 0 Å². The van der Waals surface area contributed by atoms with E-state index in [9.17, 15) is 0 Å². The van der Waals surface area contributed by atoms with Crippen molar-refractivity contribution in [3.63, 3.8) is 0 Å². The lowest BCUT2D eigenvalue weighted by Gasteiger charge is -2.32. The molecule has 1 unspecified atom stereocenters. The maximum absolute atomic E-state index is 5.41. The number of nitrogens with zero attached hydrogens (tertiary/aromatic N) is 3. The third kappa shape index (κ3) is 6.08. The Hall–Kier alpha value is -1.18. The van der Waals surface area contributed by atoms with Gasteiger partial charge in [0.15, 0.2) is 5.96 Å². The smallest absolute Gasteiger partial charge is 0.191 e. The summed E-state index contributed by atoms with van der Waals surface area (Å²) in [6.07, 6.45) is 2.99. The van der Waals surface area contributed by atoms with E-state index in [0.717, 1.165) is 56.8 Å². The number of aryl methyl sites for hydroxylation is 1. The summed E-state index contributed by atoms with van der Waals surface area (Å²) in [7, 11) is 0. The van der Waals surface area contributed by atoms with E-state index in [1.54, 1.807) is 11.3 Å². The average Bonchev–Trinajstić information content (AvgIpc) is 3.06. The molecule has 1 aliphatic heterocycles. The van der Waals surface area contributed by atoms with Crippen LogP contribution in [0.25, 0.3) is 0 Å². The molecule has 1 aliphatic rings. The zero-order valence-corrected chi connectivity index (χ0v) is 15.3. The van der Waals surface area contributed by atoms with Crippen LogP contribution in [0.15, 0.2) is 11.2 Å². The lowest BCUT2D eigenvalue weighted by molar-refractivity contribution is 0.0211. The van der Waals surface area contributed by atoms with Crippen LogP contribution >= 0.6 is 11.3 Å². The van der Waals surface area contributed by atoms with Crippen LogP contribution in [0.3, 0.4) is 0 Å². The molecule has 1 atom stereocenters. The first-order valence-electron chi connectivity index (χ1n) is 8.50. The Labute approximate surface area is 143 Å². The van der Waals surface area contributed by atoms with Crippen LogP contribution < -0.4 is 10.6 Å². The fourth-order valence-electron chi connectivity index (χ4n) is 2.46. The van der Waals surface area contributed by atoms with Crippen molar-refractivity contribution in [1.29, 1.82) is 0 Å². The van der Waals surface area contributed by atoms with Crippen molar-refractivity contribution < 1.29 is 4.74 Å². The van der Waals surface area contributed by atoms with Gasteiger partial charge in [0, 0.05) is 43.3 Å². The van der Waals surface area contributed by atoms with E-state index in [-0.39, 0.29) is 0 Å². The van der Waals surface area contributed by atoms with Crippen LogP contribution in [0.2, 0.25) is 0 Å². The summed E-state index contributed by atoms with van der Waals surface area (Å²) in [5.74, 6) is 0.862. The molecule has 2 heterocycles. The molecule has 0 aliphatic carbocycles. The fraction of sp³-hybridized carbons (Fsp3) is 0.750. The summed E-state index contributed by atoms with van der Waals surface area (Å²) in [6, 6.07) is 0.467. The Balaban J connectivity index is 1.83. The molecule has 1 fully saturated rings. The summed E-state index contributed by atoms with van der Waals surface area (Å²) < 4.78 is 5.41. The molecule has 1 aromatic heterocycles. The number of guanidine groups is 1. The number of thiazole rings is 1. The Bertz CT molecular complexity index is 485. The van der Waals surface area contributed by atoms with Crippen LogP contribution in [0.5, 0.6) is 0 Å². The topological polar surface area (TPSA) is 61.8 Å². The number of aromatic nitrogens is 1. The van der Waals surface area contributed by atoms with Crippen LogP contribution in [0, 0.1) is 0 Å². The molecule has 130 valence electrons. The van der Waals surface area contributed by atoms with E-state index in [0.29, 0.717) is 12.6 Å². The van der Waals surface area contributed by atoms with Crippen LogP contribution in [-0.4, -0.2) is 61.3 Å². The second-order valence-corrected chi connectivity index (χ2v) is 6.85. The molecule has 1 aromatic rings. The predicted octanol–water partition coefficient (Wildman–Crippen LogP) is 1.48. The van der Waals surface area contributed by atoms with E-state index < -0.39 is 0 Å². The molecular weight excluding hydrogens is 310 g/mol. The molecule has 0 amide bonds. The molecule has 0 radical (unpaired) electrons. The molecule has 23 heavy (non-hydrogen) atoms. The van der Waals surface area contributed by atoms with Gasteiger partial charge in [-0.3, -0.25) is 4.90 Å². The summed E-state index contributed by atoms with van der Waals surface area (Å²) in [5.41, 5.74) is 0. The monoisotopic (exact) mass is 339 g/mol. The van der Waals surface area contributed by atoms with Gasteiger partial charge in [0.05, 0.1) is 19.8 Å². The Morgan fingerprint density at radius 3 is 2.83 bits per heavy atom. The Kier molecular flexibility index (Phi) is 7.78. The van der Waals surface area contributed by atoms with Gasteiger partial charge in [-0.2, -0.15) is 0 Å². The minimum absolute atomic E-state index is 0.467. The summed E-state index contributed by atoms with van der Waals surface area (Å²) in [4.78, 5) is 12.8. The van der Waals surface area contributed by atoms with E-state index in [2.05, 4.69) is 46.3 Å². The first kappa shape index (κ1) is 18.2. The lowest BCUT2D eigenvalue weighted by atomic mass is 10.2. The molecule has 2 rings (SSSR count). The SMILES string of the molecule is CCNC(=NCc1ncc(CC)s1)NCC(C)N1CCOCC1. The highest BCUT2D eigenvalue weighted by molar-refractivity contribution is 7.11. The van der Waals surface area contributed by atoms with Gasteiger partial charge in [0.25, 0.3) is 0 Å². The minimum atomic E-state index is 0.467. The van der Waals surface area contributed by atoms with Crippen molar-refractivity contribution in [3.8, 4) is 0 Å². The normalized spacial score (nSPS) is 18.0. The average molecular weight is 340 g/mol. The van der Waals surface area contributed by atoms with Crippen LogP contribution in [-0.2, 0) is 17.7 Å². The quantitative estimate of drug-likeness (QED) is 0.582. The van der Waals surface area contributed by atoms with Crippen LogP contribution in [0.1, 0.15) is 30.7 Å². The van der Waals surface area contributed by atoms with E-state index in [1.165, 1.54) is 4.88 Å². The standard InChI is InChI=1S/C16H29N5OS/c1-4-14-11-18-15(23-14)12-20-16(17-5-2)19-10-13(3)21-6-8-22-9-7-21/h11,13H,4-10,12H2,1-3H3,(H2,17,19,20). The number of rotatable bonds is 7. The molecule has 1 saturated heterocycles.